The van der Waals surface area contributed by atoms with E-state index in [0.29, 0.717) is 11.5 Å². The minimum Gasteiger partial charge on any atom is -0.493 e. The lowest BCUT2D eigenvalue weighted by atomic mass is 10.0. The predicted molar refractivity (Wildman–Crippen MR) is 130 cm³/mol. The molecule has 1 aromatic carbocycles. The Morgan fingerprint density at radius 1 is 0.938 bits per heavy atom. The van der Waals surface area contributed by atoms with Crippen molar-refractivity contribution in [1.29, 1.82) is 0 Å². The Kier molecular flexibility index (Phi) is 5.71. The first-order chi connectivity index (χ1) is 15.7. The summed E-state index contributed by atoms with van der Waals surface area (Å²) in [6.07, 6.45) is 1.83. The zero-order valence-corrected chi connectivity index (χ0v) is 19.4. The first kappa shape index (κ1) is 20.8. The van der Waals surface area contributed by atoms with Gasteiger partial charge in [0.25, 0.3) is 0 Å². The number of thiophene rings is 1. The Labute approximate surface area is 195 Å². The molecule has 3 aromatic heterocycles. The van der Waals surface area contributed by atoms with Crippen LogP contribution < -0.4 is 19.3 Å². The predicted octanol–water partition coefficient (Wildman–Crippen LogP) is 4.75. The first-order valence-electron chi connectivity index (χ1n) is 10.3. The van der Waals surface area contributed by atoms with Gasteiger partial charge in [0.1, 0.15) is 16.5 Å². The van der Waals surface area contributed by atoms with Gasteiger partial charge >= 0.3 is 0 Å². The second kappa shape index (κ2) is 8.80. The summed E-state index contributed by atoms with van der Waals surface area (Å²) in [5.41, 5.74) is 2.08. The number of ether oxygens (including phenoxy) is 2. The third-order valence-corrected chi connectivity index (χ3v) is 6.68. The van der Waals surface area contributed by atoms with Crippen molar-refractivity contribution in [2.24, 2.45) is 0 Å². The van der Waals surface area contributed by atoms with Crippen LogP contribution in [-0.4, -0.2) is 55.4 Å². The van der Waals surface area contributed by atoms with Crippen LogP contribution >= 0.6 is 22.9 Å². The maximum Gasteiger partial charge on any atom is 0.225 e. The number of aromatic nitrogens is 3. The highest BCUT2D eigenvalue weighted by Crippen LogP contribution is 2.41. The van der Waals surface area contributed by atoms with Gasteiger partial charge in [0.15, 0.2) is 11.5 Å². The Balaban J connectivity index is 1.51. The summed E-state index contributed by atoms with van der Waals surface area (Å²) in [7, 11) is 3.28. The van der Waals surface area contributed by atoms with Crippen molar-refractivity contribution in [2.45, 2.75) is 0 Å². The average Bonchev–Trinajstić information content (AvgIpc) is 3.27. The Hall–Kier alpha value is -3.10. The minimum atomic E-state index is 0.264. The Bertz CT molecular complexity index is 1240. The number of hydrogen-bond acceptors (Lipinski definition) is 8. The fourth-order valence-electron chi connectivity index (χ4n) is 4.03. The second-order valence-electron chi connectivity index (χ2n) is 7.38. The number of methoxy groups -OCH3 is 2. The molecule has 1 saturated heterocycles. The molecule has 1 aliphatic rings. The summed E-state index contributed by atoms with van der Waals surface area (Å²) in [6, 6.07) is 11.9. The summed E-state index contributed by atoms with van der Waals surface area (Å²) in [5.74, 6) is 3.25. The molecule has 1 fully saturated rings. The van der Waals surface area contributed by atoms with Crippen molar-refractivity contribution in [1.82, 2.24) is 15.0 Å². The molecule has 4 heterocycles. The van der Waals surface area contributed by atoms with Gasteiger partial charge in [-0.15, -0.1) is 11.3 Å². The highest BCUT2D eigenvalue weighted by Gasteiger charge is 2.24. The molecule has 7 nitrogen and oxygen atoms in total. The van der Waals surface area contributed by atoms with Gasteiger partial charge in [-0.1, -0.05) is 12.1 Å². The summed E-state index contributed by atoms with van der Waals surface area (Å²) < 4.78 is 10.9. The third kappa shape index (κ3) is 3.80. The standard InChI is InChI=1S/C23H22ClN5O2S/c1-30-17-7-6-15(13-18(17)31-2)16-14-32-22-20(16)21(26-23(24)27-22)29-11-9-28(10-12-29)19-5-3-4-8-25-19/h3-8,13-14H,9-12H2,1-2H3. The number of pyridine rings is 1. The molecule has 1 aliphatic heterocycles. The number of rotatable bonds is 5. The van der Waals surface area contributed by atoms with Gasteiger partial charge in [0.05, 0.1) is 19.6 Å². The van der Waals surface area contributed by atoms with Crippen LogP contribution in [0.15, 0.2) is 48.0 Å². The van der Waals surface area contributed by atoms with Gasteiger partial charge in [-0.05, 0) is 41.4 Å². The molecule has 32 heavy (non-hydrogen) atoms. The Morgan fingerprint density at radius 3 is 2.44 bits per heavy atom. The van der Waals surface area contributed by atoms with E-state index in [9.17, 15) is 0 Å². The van der Waals surface area contributed by atoms with E-state index in [1.165, 1.54) is 0 Å². The maximum absolute atomic E-state index is 6.31. The van der Waals surface area contributed by atoms with Gasteiger partial charge < -0.3 is 19.3 Å². The number of anilines is 2. The largest absolute Gasteiger partial charge is 0.493 e. The van der Waals surface area contributed by atoms with Crippen molar-refractivity contribution < 1.29 is 9.47 Å². The third-order valence-electron chi connectivity index (χ3n) is 5.63. The minimum absolute atomic E-state index is 0.264. The van der Waals surface area contributed by atoms with Crippen LogP contribution in [-0.2, 0) is 0 Å². The first-order valence-corrected chi connectivity index (χ1v) is 11.5. The van der Waals surface area contributed by atoms with Crippen LogP contribution in [0.5, 0.6) is 11.5 Å². The van der Waals surface area contributed by atoms with Crippen molar-refractivity contribution in [2.75, 3.05) is 50.2 Å². The van der Waals surface area contributed by atoms with Crippen LogP contribution in [0.1, 0.15) is 0 Å². The topological polar surface area (TPSA) is 63.6 Å². The molecule has 0 spiro atoms. The molecule has 5 rings (SSSR count). The molecule has 0 bridgehead atoms. The zero-order chi connectivity index (χ0) is 22.1. The molecule has 0 amide bonds. The lowest BCUT2D eigenvalue weighted by Crippen LogP contribution is -2.47. The van der Waals surface area contributed by atoms with Crippen LogP contribution in [0, 0.1) is 0 Å². The van der Waals surface area contributed by atoms with E-state index in [2.05, 4.69) is 30.1 Å². The molecular weight excluding hydrogens is 446 g/mol. The van der Waals surface area contributed by atoms with Crippen molar-refractivity contribution >= 4 is 44.8 Å². The average molecular weight is 468 g/mol. The molecule has 0 aliphatic carbocycles. The van der Waals surface area contributed by atoms with E-state index in [4.69, 9.17) is 21.1 Å². The lowest BCUT2D eigenvalue weighted by Gasteiger charge is -2.36. The number of piperazine rings is 1. The lowest BCUT2D eigenvalue weighted by molar-refractivity contribution is 0.355. The fourth-order valence-corrected chi connectivity index (χ4v) is 5.19. The highest BCUT2D eigenvalue weighted by atomic mass is 35.5. The van der Waals surface area contributed by atoms with E-state index in [-0.39, 0.29) is 5.28 Å². The number of hydrogen-bond donors (Lipinski definition) is 0. The SMILES string of the molecule is COc1ccc(-c2csc3nc(Cl)nc(N4CCN(c5ccccn5)CC4)c23)cc1OC. The maximum atomic E-state index is 6.31. The number of benzene rings is 1. The summed E-state index contributed by atoms with van der Waals surface area (Å²) >= 11 is 7.88. The van der Waals surface area contributed by atoms with Crippen LogP contribution in [0.25, 0.3) is 21.3 Å². The van der Waals surface area contributed by atoms with Crippen molar-refractivity contribution in [3.8, 4) is 22.6 Å². The normalized spacial score (nSPS) is 14.1. The van der Waals surface area contributed by atoms with E-state index >= 15 is 0 Å². The van der Waals surface area contributed by atoms with Gasteiger partial charge in [0, 0.05) is 43.3 Å². The molecule has 164 valence electrons. The van der Waals surface area contributed by atoms with Crippen molar-refractivity contribution in [3.63, 3.8) is 0 Å². The van der Waals surface area contributed by atoms with Gasteiger partial charge in [-0.3, -0.25) is 0 Å². The number of nitrogens with zero attached hydrogens (tertiary/aromatic N) is 5. The second-order valence-corrected chi connectivity index (χ2v) is 8.57. The van der Waals surface area contributed by atoms with Crippen LogP contribution in [0.4, 0.5) is 11.6 Å². The van der Waals surface area contributed by atoms with Gasteiger partial charge in [-0.25, -0.2) is 9.97 Å². The van der Waals surface area contributed by atoms with Crippen LogP contribution in [0.2, 0.25) is 5.28 Å². The monoisotopic (exact) mass is 467 g/mol. The summed E-state index contributed by atoms with van der Waals surface area (Å²) in [6.45, 7) is 3.35. The van der Waals surface area contributed by atoms with E-state index in [1.54, 1.807) is 25.6 Å². The molecule has 0 radical (unpaired) electrons. The molecule has 9 heteroatoms. The summed E-state index contributed by atoms with van der Waals surface area (Å²) in [4.78, 5) is 19.1. The number of halogens is 1. The van der Waals surface area contributed by atoms with Crippen LogP contribution in [0.3, 0.4) is 0 Å². The number of fused-ring (bicyclic) bond motifs is 1. The zero-order valence-electron chi connectivity index (χ0n) is 17.8. The van der Waals surface area contributed by atoms with Crippen molar-refractivity contribution in [3.05, 3.63) is 53.3 Å². The van der Waals surface area contributed by atoms with E-state index in [1.807, 2.05) is 42.6 Å². The molecule has 0 atom stereocenters. The molecule has 0 N–H and O–H groups in total. The Morgan fingerprint density at radius 2 is 1.72 bits per heavy atom. The van der Waals surface area contributed by atoms with Gasteiger partial charge in [0.2, 0.25) is 5.28 Å². The van der Waals surface area contributed by atoms with E-state index < -0.39 is 0 Å². The summed E-state index contributed by atoms with van der Waals surface area (Å²) in [5, 5.41) is 3.38. The quantitative estimate of drug-likeness (QED) is 0.392. The smallest absolute Gasteiger partial charge is 0.225 e. The molecule has 0 saturated carbocycles. The fraction of sp³-hybridized carbons (Fsp3) is 0.261. The molecule has 4 aromatic rings. The van der Waals surface area contributed by atoms with Gasteiger partial charge in [-0.2, -0.15) is 4.98 Å². The van der Waals surface area contributed by atoms with E-state index in [0.717, 1.165) is 59.2 Å². The highest BCUT2D eigenvalue weighted by molar-refractivity contribution is 7.17. The molecule has 0 unspecified atom stereocenters. The molecular formula is C23H22ClN5O2S.